The van der Waals surface area contributed by atoms with Gasteiger partial charge in [0.15, 0.2) is 11.7 Å². The maximum atomic E-state index is 12.1. The largest absolute Gasteiger partial charge is 0.452 e. The van der Waals surface area contributed by atoms with Gasteiger partial charge in [-0.3, -0.25) is 20.2 Å². The van der Waals surface area contributed by atoms with E-state index in [1.54, 1.807) is 0 Å². The second-order valence-electron chi connectivity index (χ2n) is 6.06. The van der Waals surface area contributed by atoms with E-state index in [0.717, 1.165) is 29.0 Å². The number of nitrogens with zero attached hydrogens (tertiary/aromatic N) is 2. The number of aromatic nitrogens is 1. The lowest BCUT2D eigenvalue weighted by atomic mass is 10.1. The van der Waals surface area contributed by atoms with Crippen LogP contribution in [0.4, 0.5) is 16.5 Å². The number of nitrogens with two attached hydrogens (primary N) is 1. The van der Waals surface area contributed by atoms with Crippen LogP contribution in [0.3, 0.4) is 0 Å². The molecule has 3 aromatic rings. The number of nitrogens with one attached hydrogen (secondary N) is 1. The number of rotatable bonds is 6. The lowest BCUT2D eigenvalue weighted by Gasteiger charge is -2.06. The van der Waals surface area contributed by atoms with Crippen LogP contribution in [0, 0.1) is 17.0 Å². The number of carbonyl (C=O) groups excluding carboxylic acids is 2. The summed E-state index contributed by atoms with van der Waals surface area (Å²) in [5.74, 6) is -1.42. The maximum Gasteiger partial charge on any atom is 0.340 e. The fraction of sp³-hybridized carbons (Fsp3) is 0.105. The van der Waals surface area contributed by atoms with Gasteiger partial charge in [-0.2, -0.15) is 0 Å². The van der Waals surface area contributed by atoms with Gasteiger partial charge in [0.2, 0.25) is 0 Å². The van der Waals surface area contributed by atoms with Gasteiger partial charge >= 0.3 is 5.97 Å². The Labute approximate surface area is 169 Å². The standard InChI is InChI=1S/C19H16N4O5S/c1-11-2-4-12(5-3-11)16-10-29-19(21-16)22-17(24)9-28-18(25)14-7-6-13(23(26)27)8-15(14)20/h2-8,10H,9,20H2,1H3,(H,21,22,24). The van der Waals surface area contributed by atoms with Crippen molar-refractivity contribution in [2.45, 2.75) is 6.92 Å². The van der Waals surface area contributed by atoms with Crippen LogP contribution in [0.5, 0.6) is 0 Å². The van der Waals surface area contributed by atoms with Crippen molar-refractivity contribution in [2.75, 3.05) is 17.7 Å². The molecular formula is C19H16N4O5S. The molecule has 0 aliphatic carbocycles. The Hall–Kier alpha value is -3.79. The van der Waals surface area contributed by atoms with Crippen LogP contribution >= 0.6 is 11.3 Å². The summed E-state index contributed by atoms with van der Waals surface area (Å²) in [6.45, 7) is 1.44. The number of ether oxygens (including phenoxy) is 1. The lowest BCUT2D eigenvalue weighted by Crippen LogP contribution is -2.21. The number of thiazole rings is 1. The smallest absolute Gasteiger partial charge is 0.340 e. The third kappa shape index (κ3) is 4.93. The van der Waals surface area contributed by atoms with Crippen LogP contribution in [0.25, 0.3) is 11.3 Å². The Morgan fingerprint density at radius 2 is 1.97 bits per heavy atom. The fourth-order valence-corrected chi connectivity index (χ4v) is 3.14. The number of carbonyl (C=O) groups is 2. The highest BCUT2D eigenvalue weighted by Gasteiger charge is 2.17. The number of anilines is 2. The Bertz CT molecular complexity index is 1080. The molecule has 2 aromatic carbocycles. The molecule has 9 nitrogen and oxygen atoms in total. The van der Waals surface area contributed by atoms with Gasteiger partial charge in [-0.15, -0.1) is 11.3 Å². The van der Waals surface area contributed by atoms with Crippen LogP contribution in [-0.4, -0.2) is 28.4 Å². The van der Waals surface area contributed by atoms with Crippen molar-refractivity contribution in [3.63, 3.8) is 0 Å². The number of non-ortho nitro benzene ring substituents is 1. The average molecular weight is 412 g/mol. The quantitative estimate of drug-likeness (QED) is 0.274. The summed E-state index contributed by atoms with van der Waals surface area (Å²) in [6, 6.07) is 11.2. The molecule has 0 saturated heterocycles. The molecule has 1 heterocycles. The summed E-state index contributed by atoms with van der Waals surface area (Å²) >= 11 is 1.25. The number of esters is 1. The van der Waals surface area contributed by atoms with Crippen molar-refractivity contribution in [3.8, 4) is 11.3 Å². The second kappa shape index (κ2) is 8.48. The second-order valence-corrected chi connectivity index (χ2v) is 6.91. The van der Waals surface area contributed by atoms with Crippen molar-refractivity contribution in [3.05, 3.63) is 69.1 Å². The van der Waals surface area contributed by atoms with Crippen LogP contribution in [0.2, 0.25) is 0 Å². The van der Waals surface area contributed by atoms with E-state index in [4.69, 9.17) is 10.5 Å². The van der Waals surface area contributed by atoms with E-state index < -0.39 is 23.4 Å². The van der Waals surface area contributed by atoms with E-state index in [-0.39, 0.29) is 16.9 Å². The van der Waals surface area contributed by atoms with Crippen LogP contribution < -0.4 is 11.1 Å². The number of benzene rings is 2. The summed E-state index contributed by atoms with van der Waals surface area (Å²) in [5.41, 5.74) is 8.02. The zero-order valence-electron chi connectivity index (χ0n) is 15.2. The highest BCUT2D eigenvalue weighted by Crippen LogP contribution is 2.25. The molecule has 0 spiro atoms. The summed E-state index contributed by atoms with van der Waals surface area (Å²) in [5, 5.41) is 15.4. The molecule has 0 aliphatic heterocycles. The zero-order valence-corrected chi connectivity index (χ0v) is 16.1. The first-order valence-corrected chi connectivity index (χ1v) is 9.25. The molecule has 1 amide bonds. The van der Waals surface area contributed by atoms with Gasteiger partial charge in [-0.25, -0.2) is 9.78 Å². The first kappa shape index (κ1) is 20.0. The Balaban J connectivity index is 1.57. The molecule has 0 radical (unpaired) electrons. The monoisotopic (exact) mass is 412 g/mol. The number of aryl methyl sites for hydroxylation is 1. The van der Waals surface area contributed by atoms with Crippen molar-refractivity contribution in [2.24, 2.45) is 0 Å². The van der Waals surface area contributed by atoms with Gasteiger partial charge in [0.1, 0.15) is 0 Å². The maximum absolute atomic E-state index is 12.1. The minimum absolute atomic E-state index is 0.0562. The third-order valence-corrected chi connectivity index (χ3v) is 4.66. The fourth-order valence-electron chi connectivity index (χ4n) is 2.40. The van der Waals surface area contributed by atoms with E-state index in [9.17, 15) is 19.7 Å². The molecule has 3 rings (SSSR count). The minimum Gasteiger partial charge on any atom is -0.452 e. The average Bonchev–Trinajstić information content (AvgIpc) is 3.14. The SMILES string of the molecule is Cc1ccc(-c2csc(NC(=O)COC(=O)c3ccc([N+](=O)[O-])cc3N)n2)cc1. The first-order valence-electron chi connectivity index (χ1n) is 8.37. The van der Waals surface area contributed by atoms with Crippen LogP contribution in [-0.2, 0) is 9.53 Å². The van der Waals surface area contributed by atoms with Crippen molar-refractivity contribution in [1.29, 1.82) is 0 Å². The molecule has 0 saturated carbocycles. The van der Waals surface area contributed by atoms with Gasteiger partial charge < -0.3 is 10.5 Å². The van der Waals surface area contributed by atoms with E-state index >= 15 is 0 Å². The highest BCUT2D eigenvalue weighted by molar-refractivity contribution is 7.14. The van der Waals surface area contributed by atoms with Gasteiger partial charge in [-0.05, 0) is 13.0 Å². The molecule has 29 heavy (non-hydrogen) atoms. The van der Waals surface area contributed by atoms with Gasteiger partial charge in [0, 0.05) is 23.1 Å². The topological polar surface area (TPSA) is 137 Å². The molecule has 3 N–H and O–H groups in total. The lowest BCUT2D eigenvalue weighted by molar-refractivity contribution is -0.384. The predicted molar refractivity (Wildman–Crippen MR) is 109 cm³/mol. The van der Waals surface area contributed by atoms with Gasteiger partial charge in [0.25, 0.3) is 11.6 Å². The summed E-state index contributed by atoms with van der Waals surface area (Å²) in [6.07, 6.45) is 0. The number of nitro groups is 1. The van der Waals surface area contributed by atoms with Crippen molar-refractivity contribution >= 4 is 39.7 Å². The first-order chi connectivity index (χ1) is 13.8. The number of hydrogen-bond acceptors (Lipinski definition) is 8. The number of nitro benzene ring substituents is 1. The molecule has 0 bridgehead atoms. The summed E-state index contributed by atoms with van der Waals surface area (Å²) < 4.78 is 4.92. The number of hydrogen-bond donors (Lipinski definition) is 2. The molecule has 10 heteroatoms. The van der Waals surface area contributed by atoms with E-state index in [2.05, 4.69) is 10.3 Å². The molecular weight excluding hydrogens is 396 g/mol. The molecule has 148 valence electrons. The van der Waals surface area contributed by atoms with Crippen molar-refractivity contribution < 1.29 is 19.2 Å². The van der Waals surface area contributed by atoms with Crippen molar-refractivity contribution in [1.82, 2.24) is 4.98 Å². The number of amides is 1. The molecule has 0 unspecified atom stereocenters. The van der Waals surface area contributed by atoms with E-state index in [0.29, 0.717) is 5.13 Å². The van der Waals surface area contributed by atoms with E-state index in [1.165, 1.54) is 17.4 Å². The van der Waals surface area contributed by atoms with Crippen LogP contribution in [0.1, 0.15) is 15.9 Å². The molecule has 0 aliphatic rings. The highest BCUT2D eigenvalue weighted by atomic mass is 32.1. The summed E-state index contributed by atoms with van der Waals surface area (Å²) in [4.78, 5) is 38.5. The predicted octanol–water partition coefficient (Wildman–Crippen LogP) is 3.40. The van der Waals surface area contributed by atoms with Gasteiger partial charge in [0.05, 0.1) is 21.9 Å². The summed E-state index contributed by atoms with van der Waals surface area (Å²) in [7, 11) is 0. The Morgan fingerprint density at radius 1 is 1.24 bits per heavy atom. The van der Waals surface area contributed by atoms with E-state index in [1.807, 2.05) is 36.6 Å². The third-order valence-electron chi connectivity index (χ3n) is 3.90. The minimum atomic E-state index is -0.855. The Morgan fingerprint density at radius 3 is 2.62 bits per heavy atom. The Kier molecular flexibility index (Phi) is 5.84. The molecule has 0 fully saturated rings. The molecule has 0 atom stereocenters. The van der Waals surface area contributed by atoms with Gasteiger partial charge in [-0.1, -0.05) is 29.8 Å². The van der Waals surface area contributed by atoms with Crippen LogP contribution in [0.15, 0.2) is 47.8 Å². The normalized spacial score (nSPS) is 10.4. The zero-order chi connectivity index (χ0) is 21.0. The number of nitrogen functional groups attached to an aromatic ring is 1. The molecule has 1 aromatic heterocycles.